The van der Waals surface area contributed by atoms with Crippen LogP contribution in [0.5, 0.6) is 0 Å². The van der Waals surface area contributed by atoms with Crippen molar-refractivity contribution in [1.29, 1.82) is 0 Å². The molecule has 0 fully saturated rings. The second kappa shape index (κ2) is 8.99. The largest absolute Gasteiger partial charge is 0.449 e. The van der Waals surface area contributed by atoms with Crippen LogP contribution in [0, 0.1) is 0 Å². The molecule has 0 spiro atoms. The SMILES string of the molecule is CCc1ccc(NC(=O)[C@H](C)OC(=O)c2ccc(COC)cc2)cc1. The molecule has 5 nitrogen and oxygen atoms in total. The van der Waals surface area contributed by atoms with Crippen LogP contribution in [0.4, 0.5) is 5.69 Å². The van der Waals surface area contributed by atoms with Crippen LogP contribution in [0.1, 0.15) is 35.3 Å². The monoisotopic (exact) mass is 341 g/mol. The summed E-state index contributed by atoms with van der Waals surface area (Å²) in [4.78, 5) is 24.3. The fourth-order valence-corrected chi connectivity index (χ4v) is 2.25. The molecule has 0 aromatic heterocycles. The highest BCUT2D eigenvalue weighted by Crippen LogP contribution is 2.12. The number of carbonyl (C=O) groups is 2. The van der Waals surface area contributed by atoms with E-state index in [1.807, 2.05) is 24.3 Å². The Bertz CT molecular complexity index is 707. The van der Waals surface area contributed by atoms with Gasteiger partial charge >= 0.3 is 5.97 Å². The predicted octanol–water partition coefficient (Wildman–Crippen LogP) is 3.58. The molecule has 0 bridgehead atoms. The van der Waals surface area contributed by atoms with Crippen molar-refractivity contribution in [3.8, 4) is 0 Å². The van der Waals surface area contributed by atoms with Crippen LogP contribution in [0.3, 0.4) is 0 Å². The lowest BCUT2D eigenvalue weighted by Gasteiger charge is -2.14. The molecule has 25 heavy (non-hydrogen) atoms. The van der Waals surface area contributed by atoms with Gasteiger partial charge in [-0.05, 0) is 48.7 Å². The van der Waals surface area contributed by atoms with Gasteiger partial charge in [0.25, 0.3) is 5.91 Å². The number of esters is 1. The number of nitrogens with one attached hydrogen (secondary N) is 1. The molecule has 2 rings (SSSR count). The van der Waals surface area contributed by atoms with Crippen LogP contribution in [-0.4, -0.2) is 25.1 Å². The van der Waals surface area contributed by atoms with Gasteiger partial charge in [-0.1, -0.05) is 31.2 Å². The molecular weight excluding hydrogens is 318 g/mol. The molecule has 5 heteroatoms. The summed E-state index contributed by atoms with van der Waals surface area (Å²) in [6, 6.07) is 14.5. The first-order valence-electron chi connectivity index (χ1n) is 8.22. The fraction of sp³-hybridized carbons (Fsp3) is 0.300. The Balaban J connectivity index is 1.91. The molecule has 1 atom stereocenters. The minimum absolute atomic E-state index is 0.367. The summed E-state index contributed by atoms with van der Waals surface area (Å²) < 4.78 is 10.3. The van der Waals surface area contributed by atoms with Crippen molar-refractivity contribution >= 4 is 17.6 Å². The standard InChI is InChI=1S/C20H23NO4/c1-4-15-7-11-18(12-8-15)21-19(22)14(2)25-20(23)17-9-5-16(6-10-17)13-24-3/h5-12,14H,4,13H2,1-3H3,(H,21,22)/t14-/m0/s1. The maximum Gasteiger partial charge on any atom is 0.338 e. The molecule has 0 saturated heterocycles. The van der Waals surface area contributed by atoms with E-state index in [1.165, 1.54) is 5.56 Å². The highest BCUT2D eigenvalue weighted by molar-refractivity contribution is 5.97. The molecule has 0 aliphatic heterocycles. The molecule has 132 valence electrons. The van der Waals surface area contributed by atoms with Crippen LogP contribution < -0.4 is 5.32 Å². The number of benzene rings is 2. The Hall–Kier alpha value is -2.66. The fourth-order valence-electron chi connectivity index (χ4n) is 2.25. The van der Waals surface area contributed by atoms with E-state index >= 15 is 0 Å². The van der Waals surface area contributed by atoms with Crippen LogP contribution in [0.15, 0.2) is 48.5 Å². The third-order valence-corrected chi connectivity index (χ3v) is 3.78. The van der Waals surface area contributed by atoms with Crippen molar-refractivity contribution in [2.45, 2.75) is 33.0 Å². The lowest BCUT2D eigenvalue weighted by Crippen LogP contribution is -2.30. The molecule has 0 aliphatic rings. The number of hydrogen-bond donors (Lipinski definition) is 1. The first-order chi connectivity index (χ1) is 12.0. The molecule has 2 aromatic rings. The number of amides is 1. The zero-order chi connectivity index (χ0) is 18.2. The van der Waals surface area contributed by atoms with Crippen molar-refractivity contribution in [2.24, 2.45) is 0 Å². The maximum atomic E-state index is 12.2. The van der Waals surface area contributed by atoms with E-state index in [9.17, 15) is 9.59 Å². The lowest BCUT2D eigenvalue weighted by molar-refractivity contribution is -0.123. The highest BCUT2D eigenvalue weighted by Gasteiger charge is 2.19. The number of carbonyl (C=O) groups excluding carboxylic acids is 2. The summed E-state index contributed by atoms with van der Waals surface area (Å²) in [5.74, 6) is -0.901. The zero-order valence-electron chi connectivity index (χ0n) is 14.7. The van der Waals surface area contributed by atoms with E-state index in [-0.39, 0.29) is 5.91 Å². The van der Waals surface area contributed by atoms with Gasteiger partial charge in [0.2, 0.25) is 0 Å². The molecule has 0 aliphatic carbocycles. The first-order valence-corrected chi connectivity index (χ1v) is 8.22. The van der Waals surface area contributed by atoms with E-state index in [1.54, 1.807) is 38.3 Å². The zero-order valence-corrected chi connectivity index (χ0v) is 14.7. The minimum atomic E-state index is -0.892. The molecule has 1 N–H and O–H groups in total. The maximum absolute atomic E-state index is 12.2. The van der Waals surface area contributed by atoms with Crippen molar-refractivity contribution in [2.75, 3.05) is 12.4 Å². The number of anilines is 1. The van der Waals surface area contributed by atoms with Crippen molar-refractivity contribution in [3.63, 3.8) is 0 Å². The quantitative estimate of drug-likeness (QED) is 0.782. The second-order valence-corrected chi connectivity index (χ2v) is 5.72. The molecular formula is C20H23NO4. The summed E-state index contributed by atoms with van der Waals surface area (Å²) in [6.07, 6.45) is 0.0443. The molecule has 0 saturated carbocycles. The number of rotatable bonds is 7. The Morgan fingerprint density at radius 3 is 2.16 bits per heavy atom. The third-order valence-electron chi connectivity index (χ3n) is 3.78. The Morgan fingerprint density at radius 1 is 1.00 bits per heavy atom. The van der Waals surface area contributed by atoms with E-state index in [4.69, 9.17) is 9.47 Å². The van der Waals surface area contributed by atoms with Gasteiger partial charge in [0, 0.05) is 12.8 Å². The molecule has 0 unspecified atom stereocenters. The summed E-state index contributed by atoms with van der Waals surface area (Å²) in [6.45, 7) is 4.09. The normalized spacial score (nSPS) is 11.6. The van der Waals surface area contributed by atoms with Crippen molar-refractivity contribution in [3.05, 3.63) is 65.2 Å². The summed E-state index contributed by atoms with van der Waals surface area (Å²) in [7, 11) is 1.61. The average Bonchev–Trinajstić information content (AvgIpc) is 2.63. The van der Waals surface area contributed by atoms with Crippen LogP contribution in [-0.2, 0) is 27.3 Å². The Labute approximate surface area is 148 Å². The Kier molecular flexibility index (Phi) is 6.71. The van der Waals surface area contributed by atoms with Gasteiger partial charge in [-0.25, -0.2) is 4.79 Å². The smallest absolute Gasteiger partial charge is 0.338 e. The van der Waals surface area contributed by atoms with Crippen LogP contribution in [0.2, 0.25) is 0 Å². The Morgan fingerprint density at radius 2 is 1.60 bits per heavy atom. The van der Waals surface area contributed by atoms with Gasteiger partial charge in [-0.15, -0.1) is 0 Å². The topological polar surface area (TPSA) is 64.6 Å². The summed E-state index contributed by atoms with van der Waals surface area (Å²) in [5, 5.41) is 2.74. The van der Waals surface area contributed by atoms with Crippen molar-refractivity contribution in [1.82, 2.24) is 0 Å². The number of methoxy groups -OCH3 is 1. The first kappa shape index (κ1) is 18.7. The predicted molar refractivity (Wildman–Crippen MR) is 96.5 cm³/mol. The van der Waals surface area contributed by atoms with Crippen LogP contribution in [0.25, 0.3) is 0 Å². The number of ether oxygens (including phenoxy) is 2. The second-order valence-electron chi connectivity index (χ2n) is 5.72. The van der Waals surface area contributed by atoms with E-state index in [0.29, 0.717) is 17.9 Å². The van der Waals surface area contributed by atoms with Crippen LogP contribution >= 0.6 is 0 Å². The van der Waals surface area contributed by atoms with E-state index < -0.39 is 12.1 Å². The average molecular weight is 341 g/mol. The number of aryl methyl sites for hydroxylation is 1. The van der Waals surface area contributed by atoms with Gasteiger partial charge < -0.3 is 14.8 Å². The summed E-state index contributed by atoms with van der Waals surface area (Å²) in [5.41, 5.74) is 3.22. The van der Waals surface area contributed by atoms with Crippen molar-refractivity contribution < 1.29 is 19.1 Å². The van der Waals surface area contributed by atoms with Gasteiger partial charge in [-0.3, -0.25) is 4.79 Å². The van der Waals surface area contributed by atoms with E-state index in [0.717, 1.165) is 12.0 Å². The molecule has 0 radical (unpaired) electrons. The van der Waals surface area contributed by atoms with Gasteiger partial charge in [-0.2, -0.15) is 0 Å². The lowest BCUT2D eigenvalue weighted by atomic mass is 10.1. The molecule has 0 heterocycles. The summed E-state index contributed by atoms with van der Waals surface area (Å²) >= 11 is 0. The van der Waals surface area contributed by atoms with E-state index in [2.05, 4.69) is 12.2 Å². The molecule has 1 amide bonds. The van der Waals surface area contributed by atoms with Gasteiger partial charge in [0.05, 0.1) is 12.2 Å². The molecule has 2 aromatic carbocycles. The number of hydrogen-bond acceptors (Lipinski definition) is 4. The third kappa shape index (κ3) is 5.43. The van der Waals surface area contributed by atoms with Gasteiger partial charge in [0.15, 0.2) is 6.10 Å². The highest BCUT2D eigenvalue weighted by atomic mass is 16.5. The minimum Gasteiger partial charge on any atom is -0.449 e. The van der Waals surface area contributed by atoms with Gasteiger partial charge in [0.1, 0.15) is 0 Å².